The van der Waals surface area contributed by atoms with Gasteiger partial charge in [-0.2, -0.15) is 0 Å². The largest absolute Gasteiger partial charge is 0.497 e. The Hall–Kier alpha value is -2.89. The van der Waals surface area contributed by atoms with Crippen LogP contribution in [0.4, 0.5) is 5.69 Å². The van der Waals surface area contributed by atoms with Crippen molar-refractivity contribution in [2.75, 3.05) is 13.9 Å². The van der Waals surface area contributed by atoms with Gasteiger partial charge in [0, 0.05) is 11.6 Å². The van der Waals surface area contributed by atoms with Crippen LogP contribution < -0.4 is 14.2 Å². The van der Waals surface area contributed by atoms with Crippen molar-refractivity contribution in [1.82, 2.24) is 0 Å². The number of nitrogens with zero attached hydrogens (tertiary/aromatic N) is 1. The first-order valence-corrected chi connectivity index (χ1v) is 6.18. The van der Waals surface area contributed by atoms with E-state index >= 15 is 0 Å². The van der Waals surface area contributed by atoms with Crippen molar-refractivity contribution < 1.29 is 19.0 Å². The standard InChI is InChI=1S/C15H11NO5/c1-19-10-4-2-9(3-5-10)14-11(7-17)12(16-18)6-13-15(14)21-8-20-13/h2-7H,8H2,1H3. The van der Waals surface area contributed by atoms with Crippen LogP contribution in [0.3, 0.4) is 0 Å². The number of carbonyl (C=O) groups is 1. The fourth-order valence-electron chi connectivity index (χ4n) is 2.28. The molecule has 1 aliphatic rings. The second kappa shape index (κ2) is 5.24. The molecule has 0 aromatic heterocycles. The van der Waals surface area contributed by atoms with E-state index in [1.807, 2.05) is 0 Å². The third-order valence-electron chi connectivity index (χ3n) is 3.28. The van der Waals surface area contributed by atoms with E-state index in [1.54, 1.807) is 31.4 Å². The Bertz CT molecular complexity index is 709. The second-order valence-electron chi connectivity index (χ2n) is 4.36. The van der Waals surface area contributed by atoms with Gasteiger partial charge in [-0.3, -0.25) is 4.79 Å². The van der Waals surface area contributed by atoms with E-state index < -0.39 is 0 Å². The van der Waals surface area contributed by atoms with E-state index in [4.69, 9.17) is 14.2 Å². The molecular weight excluding hydrogens is 274 g/mol. The van der Waals surface area contributed by atoms with Crippen LogP contribution in [0.25, 0.3) is 11.1 Å². The summed E-state index contributed by atoms with van der Waals surface area (Å²) in [5, 5.41) is 2.90. The van der Waals surface area contributed by atoms with Crippen molar-refractivity contribution in [2.45, 2.75) is 0 Å². The van der Waals surface area contributed by atoms with E-state index in [1.165, 1.54) is 6.07 Å². The van der Waals surface area contributed by atoms with Gasteiger partial charge in [0.05, 0.1) is 12.7 Å². The minimum atomic E-state index is 0.0278. The van der Waals surface area contributed by atoms with E-state index in [0.29, 0.717) is 34.7 Å². The lowest BCUT2D eigenvalue weighted by atomic mass is 9.97. The smallest absolute Gasteiger partial charge is 0.231 e. The number of ether oxygens (including phenoxy) is 3. The molecule has 0 atom stereocenters. The molecule has 6 nitrogen and oxygen atoms in total. The number of carbonyl (C=O) groups excluding carboxylic acids is 1. The Morgan fingerprint density at radius 3 is 2.62 bits per heavy atom. The summed E-state index contributed by atoms with van der Waals surface area (Å²) in [6.45, 7) is 0.0408. The van der Waals surface area contributed by atoms with Crippen molar-refractivity contribution in [3.63, 3.8) is 0 Å². The topological polar surface area (TPSA) is 74.2 Å². The molecule has 1 aliphatic heterocycles. The first-order valence-electron chi connectivity index (χ1n) is 6.18. The first kappa shape index (κ1) is 13.1. The number of rotatable bonds is 4. The molecule has 0 amide bonds. The van der Waals surface area contributed by atoms with Gasteiger partial charge in [0.1, 0.15) is 11.4 Å². The zero-order valence-corrected chi connectivity index (χ0v) is 11.2. The molecule has 0 spiro atoms. The van der Waals surface area contributed by atoms with Crippen molar-refractivity contribution in [1.29, 1.82) is 0 Å². The second-order valence-corrected chi connectivity index (χ2v) is 4.36. The van der Waals surface area contributed by atoms with Crippen LogP contribution in [-0.2, 0) is 0 Å². The third kappa shape index (κ3) is 2.10. The van der Waals surface area contributed by atoms with E-state index in [9.17, 15) is 9.70 Å². The predicted octanol–water partition coefficient (Wildman–Crippen LogP) is 3.30. The van der Waals surface area contributed by atoms with Crippen LogP contribution in [0.2, 0.25) is 0 Å². The molecule has 0 fully saturated rings. The van der Waals surface area contributed by atoms with Gasteiger partial charge >= 0.3 is 0 Å². The van der Waals surface area contributed by atoms with Gasteiger partial charge in [-0.25, -0.2) is 0 Å². The van der Waals surface area contributed by atoms with Crippen molar-refractivity contribution in [3.05, 3.63) is 40.8 Å². The van der Waals surface area contributed by atoms with Gasteiger partial charge in [0.25, 0.3) is 0 Å². The van der Waals surface area contributed by atoms with Gasteiger partial charge in [-0.05, 0) is 22.9 Å². The number of methoxy groups -OCH3 is 1. The zero-order valence-electron chi connectivity index (χ0n) is 11.2. The molecular formula is C15H11NO5. The number of aldehydes is 1. The lowest BCUT2D eigenvalue weighted by molar-refractivity contribution is 0.112. The minimum absolute atomic E-state index is 0.0278. The Balaban J connectivity index is 2.26. The molecule has 0 unspecified atom stereocenters. The van der Waals surface area contributed by atoms with E-state index in [0.717, 1.165) is 0 Å². The Morgan fingerprint density at radius 2 is 2.00 bits per heavy atom. The molecule has 21 heavy (non-hydrogen) atoms. The average molecular weight is 285 g/mol. The number of nitroso groups, excluding NO2 is 1. The van der Waals surface area contributed by atoms with Crippen molar-refractivity contribution in [3.8, 4) is 28.4 Å². The predicted molar refractivity (Wildman–Crippen MR) is 75.4 cm³/mol. The van der Waals surface area contributed by atoms with Crippen LogP contribution in [0.15, 0.2) is 35.5 Å². The summed E-state index contributed by atoms with van der Waals surface area (Å²) in [5.41, 5.74) is 1.42. The molecule has 2 aromatic rings. The normalized spacial score (nSPS) is 12.0. The summed E-state index contributed by atoms with van der Waals surface area (Å²) >= 11 is 0. The zero-order chi connectivity index (χ0) is 14.8. The van der Waals surface area contributed by atoms with Gasteiger partial charge in [0.15, 0.2) is 17.8 Å². The van der Waals surface area contributed by atoms with Crippen LogP contribution in [0.1, 0.15) is 10.4 Å². The summed E-state index contributed by atoms with van der Waals surface area (Å²) in [6, 6.07) is 8.47. The lowest BCUT2D eigenvalue weighted by Gasteiger charge is -2.11. The fraction of sp³-hybridized carbons (Fsp3) is 0.133. The van der Waals surface area contributed by atoms with Gasteiger partial charge in [-0.1, -0.05) is 12.1 Å². The molecule has 6 heteroatoms. The molecule has 0 saturated heterocycles. The quantitative estimate of drug-likeness (QED) is 0.636. The molecule has 106 valence electrons. The van der Waals surface area contributed by atoms with Gasteiger partial charge in [0.2, 0.25) is 6.79 Å². The Labute approximate surface area is 120 Å². The van der Waals surface area contributed by atoms with Crippen molar-refractivity contribution >= 4 is 12.0 Å². The average Bonchev–Trinajstić information content (AvgIpc) is 3.01. The molecule has 3 rings (SSSR count). The summed E-state index contributed by atoms with van der Waals surface area (Å²) in [4.78, 5) is 22.3. The fourth-order valence-corrected chi connectivity index (χ4v) is 2.28. The lowest BCUT2D eigenvalue weighted by Crippen LogP contribution is -1.95. The highest BCUT2D eigenvalue weighted by molar-refractivity contribution is 5.98. The number of fused-ring (bicyclic) bond motifs is 1. The maximum atomic E-state index is 11.4. The number of hydrogen-bond acceptors (Lipinski definition) is 6. The van der Waals surface area contributed by atoms with Crippen molar-refractivity contribution in [2.24, 2.45) is 5.18 Å². The highest BCUT2D eigenvalue weighted by Crippen LogP contribution is 2.47. The number of hydrogen-bond donors (Lipinski definition) is 0. The maximum Gasteiger partial charge on any atom is 0.231 e. The van der Waals surface area contributed by atoms with Crippen LogP contribution >= 0.6 is 0 Å². The monoisotopic (exact) mass is 285 g/mol. The Morgan fingerprint density at radius 1 is 1.24 bits per heavy atom. The van der Waals surface area contributed by atoms with E-state index in [-0.39, 0.29) is 18.0 Å². The van der Waals surface area contributed by atoms with Crippen LogP contribution in [-0.4, -0.2) is 20.2 Å². The maximum absolute atomic E-state index is 11.4. The first-order chi connectivity index (χ1) is 10.3. The molecule has 0 saturated carbocycles. The third-order valence-corrected chi connectivity index (χ3v) is 3.28. The molecule has 0 radical (unpaired) electrons. The molecule has 2 aromatic carbocycles. The summed E-state index contributed by atoms with van der Waals surface area (Å²) < 4.78 is 15.8. The molecule has 0 N–H and O–H groups in total. The van der Waals surface area contributed by atoms with Gasteiger partial charge < -0.3 is 14.2 Å². The van der Waals surface area contributed by atoms with Crippen LogP contribution in [0, 0.1) is 4.91 Å². The van der Waals surface area contributed by atoms with Gasteiger partial charge in [-0.15, -0.1) is 4.91 Å². The Kier molecular flexibility index (Phi) is 3.27. The van der Waals surface area contributed by atoms with Crippen LogP contribution in [0.5, 0.6) is 17.2 Å². The highest BCUT2D eigenvalue weighted by atomic mass is 16.7. The minimum Gasteiger partial charge on any atom is -0.497 e. The highest BCUT2D eigenvalue weighted by Gasteiger charge is 2.25. The molecule has 0 bridgehead atoms. The SMILES string of the molecule is COc1ccc(-c2c(C=O)c(N=O)cc3c2OCO3)cc1. The summed E-state index contributed by atoms with van der Waals surface area (Å²) in [5.74, 6) is 1.53. The van der Waals surface area contributed by atoms with E-state index in [2.05, 4.69) is 5.18 Å². The summed E-state index contributed by atoms with van der Waals surface area (Å²) in [6.07, 6.45) is 0.595. The molecule has 1 heterocycles. The number of benzene rings is 2. The summed E-state index contributed by atoms with van der Waals surface area (Å²) in [7, 11) is 1.57. The molecule has 0 aliphatic carbocycles.